The SMILES string of the molecule is CNc1nc(OC)nc(Oc2cc(F)ccc2F)n1. The van der Waals surface area contributed by atoms with E-state index in [1.807, 2.05) is 0 Å². The van der Waals surface area contributed by atoms with E-state index in [2.05, 4.69) is 20.3 Å². The Labute approximate surface area is 107 Å². The van der Waals surface area contributed by atoms with Crippen LogP contribution in [-0.2, 0) is 0 Å². The van der Waals surface area contributed by atoms with Crippen LogP contribution in [-0.4, -0.2) is 29.1 Å². The Morgan fingerprint density at radius 1 is 1.11 bits per heavy atom. The fraction of sp³-hybridized carbons (Fsp3) is 0.182. The van der Waals surface area contributed by atoms with Crippen LogP contribution in [0.4, 0.5) is 14.7 Å². The van der Waals surface area contributed by atoms with E-state index in [1.165, 1.54) is 7.11 Å². The van der Waals surface area contributed by atoms with Crippen LogP contribution in [0.1, 0.15) is 0 Å². The molecule has 19 heavy (non-hydrogen) atoms. The molecule has 0 saturated heterocycles. The molecule has 1 aromatic heterocycles. The smallest absolute Gasteiger partial charge is 0.330 e. The molecular weight excluding hydrogens is 258 g/mol. The van der Waals surface area contributed by atoms with Gasteiger partial charge in [0.25, 0.3) is 0 Å². The highest BCUT2D eigenvalue weighted by atomic mass is 19.1. The van der Waals surface area contributed by atoms with Crippen molar-refractivity contribution in [1.29, 1.82) is 0 Å². The maximum absolute atomic E-state index is 13.4. The Morgan fingerprint density at radius 3 is 2.53 bits per heavy atom. The number of benzene rings is 1. The number of aromatic nitrogens is 3. The van der Waals surface area contributed by atoms with E-state index in [0.717, 1.165) is 18.2 Å². The van der Waals surface area contributed by atoms with E-state index in [-0.39, 0.29) is 23.7 Å². The van der Waals surface area contributed by atoms with Gasteiger partial charge in [-0.05, 0) is 12.1 Å². The molecule has 0 saturated carbocycles. The van der Waals surface area contributed by atoms with Gasteiger partial charge >= 0.3 is 12.0 Å². The van der Waals surface area contributed by atoms with Crippen molar-refractivity contribution in [3.63, 3.8) is 0 Å². The molecule has 0 amide bonds. The minimum absolute atomic E-state index is 0.00818. The van der Waals surface area contributed by atoms with Crippen LogP contribution >= 0.6 is 0 Å². The lowest BCUT2D eigenvalue weighted by Gasteiger charge is -2.07. The number of nitrogens with zero attached hydrogens (tertiary/aromatic N) is 3. The fourth-order valence-electron chi connectivity index (χ4n) is 1.24. The van der Waals surface area contributed by atoms with Crippen molar-refractivity contribution < 1.29 is 18.3 Å². The molecule has 0 radical (unpaired) electrons. The molecule has 1 aromatic carbocycles. The molecule has 100 valence electrons. The lowest BCUT2D eigenvalue weighted by Crippen LogP contribution is -2.03. The third-order valence-corrected chi connectivity index (χ3v) is 2.10. The first-order valence-electron chi connectivity index (χ1n) is 5.23. The van der Waals surface area contributed by atoms with Crippen molar-refractivity contribution in [2.24, 2.45) is 0 Å². The fourth-order valence-corrected chi connectivity index (χ4v) is 1.24. The average Bonchev–Trinajstić information content (AvgIpc) is 2.42. The summed E-state index contributed by atoms with van der Waals surface area (Å²) < 4.78 is 36.3. The molecule has 0 fully saturated rings. The van der Waals surface area contributed by atoms with Crippen LogP contribution in [0, 0.1) is 11.6 Å². The van der Waals surface area contributed by atoms with Crippen molar-refractivity contribution in [3.8, 4) is 17.8 Å². The zero-order valence-electron chi connectivity index (χ0n) is 10.1. The Bertz CT molecular complexity index is 573. The number of hydrogen-bond acceptors (Lipinski definition) is 6. The highest BCUT2D eigenvalue weighted by Crippen LogP contribution is 2.24. The predicted octanol–water partition coefficient (Wildman–Crippen LogP) is 1.99. The topological polar surface area (TPSA) is 69.2 Å². The van der Waals surface area contributed by atoms with E-state index in [0.29, 0.717) is 0 Å². The second kappa shape index (κ2) is 5.42. The molecule has 0 atom stereocenters. The first-order chi connectivity index (χ1) is 9.12. The molecule has 0 unspecified atom stereocenters. The van der Waals surface area contributed by atoms with Gasteiger partial charge < -0.3 is 14.8 Å². The van der Waals surface area contributed by atoms with E-state index in [1.54, 1.807) is 7.05 Å². The lowest BCUT2D eigenvalue weighted by molar-refractivity contribution is 0.354. The van der Waals surface area contributed by atoms with Crippen LogP contribution in [0.3, 0.4) is 0 Å². The van der Waals surface area contributed by atoms with Gasteiger partial charge in [0.05, 0.1) is 7.11 Å². The molecule has 6 nitrogen and oxygen atoms in total. The van der Waals surface area contributed by atoms with Crippen molar-refractivity contribution in [2.45, 2.75) is 0 Å². The van der Waals surface area contributed by atoms with Crippen molar-refractivity contribution in [3.05, 3.63) is 29.8 Å². The summed E-state index contributed by atoms with van der Waals surface area (Å²) in [6, 6.07) is 2.61. The minimum Gasteiger partial charge on any atom is -0.467 e. The quantitative estimate of drug-likeness (QED) is 0.914. The van der Waals surface area contributed by atoms with E-state index < -0.39 is 11.6 Å². The summed E-state index contributed by atoms with van der Waals surface area (Å²) in [7, 11) is 2.95. The minimum atomic E-state index is -0.730. The first-order valence-corrected chi connectivity index (χ1v) is 5.23. The van der Waals surface area contributed by atoms with Gasteiger partial charge in [0, 0.05) is 13.1 Å². The second-order valence-corrected chi connectivity index (χ2v) is 3.36. The van der Waals surface area contributed by atoms with Gasteiger partial charge in [0.2, 0.25) is 5.95 Å². The number of methoxy groups -OCH3 is 1. The normalized spacial score (nSPS) is 10.1. The van der Waals surface area contributed by atoms with Gasteiger partial charge in [0.1, 0.15) is 5.82 Å². The largest absolute Gasteiger partial charge is 0.467 e. The summed E-state index contributed by atoms with van der Waals surface area (Å²) in [5.74, 6) is -1.51. The van der Waals surface area contributed by atoms with E-state index in [9.17, 15) is 8.78 Å². The van der Waals surface area contributed by atoms with Crippen LogP contribution in [0.2, 0.25) is 0 Å². The van der Waals surface area contributed by atoms with Gasteiger partial charge in [-0.3, -0.25) is 0 Å². The summed E-state index contributed by atoms with van der Waals surface area (Å²) >= 11 is 0. The van der Waals surface area contributed by atoms with Crippen LogP contribution < -0.4 is 14.8 Å². The summed E-state index contributed by atoms with van der Waals surface area (Å²) in [6.45, 7) is 0. The number of halogens is 2. The van der Waals surface area contributed by atoms with Crippen LogP contribution in [0.15, 0.2) is 18.2 Å². The number of hydrogen-bond donors (Lipinski definition) is 1. The summed E-state index contributed by atoms with van der Waals surface area (Å²) in [5.41, 5.74) is 0. The number of ether oxygens (including phenoxy) is 2. The summed E-state index contributed by atoms with van der Waals surface area (Å²) in [4.78, 5) is 11.5. The summed E-state index contributed by atoms with van der Waals surface area (Å²) in [6.07, 6.45) is 0. The highest BCUT2D eigenvalue weighted by molar-refractivity contribution is 5.31. The van der Waals surface area contributed by atoms with Gasteiger partial charge in [-0.15, -0.1) is 4.98 Å². The Kier molecular flexibility index (Phi) is 3.69. The second-order valence-electron chi connectivity index (χ2n) is 3.36. The monoisotopic (exact) mass is 268 g/mol. The molecule has 0 aliphatic heterocycles. The van der Waals surface area contributed by atoms with Crippen LogP contribution in [0.25, 0.3) is 0 Å². The van der Waals surface area contributed by atoms with Gasteiger partial charge in [-0.2, -0.15) is 9.97 Å². The Balaban J connectivity index is 2.34. The van der Waals surface area contributed by atoms with Crippen molar-refractivity contribution >= 4 is 5.95 Å². The molecular formula is C11H10F2N4O2. The first kappa shape index (κ1) is 12.9. The van der Waals surface area contributed by atoms with E-state index >= 15 is 0 Å². The zero-order chi connectivity index (χ0) is 13.8. The third-order valence-electron chi connectivity index (χ3n) is 2.10. The van der Waals surface area contributed by atoms with Gasteiger partial charge in [-0.25, -0.2) is 8.78 Å². The van der Waals surface area contributed by atoms with Crippen LogP contribution in [0.5, 0.6) is 17.8 Å². The molecule has 0 bridgehead atoms. The third kappa shape index (κ3) is 3.03. The number of nitrogens with one attached hydrogen (secondary N) is 1. The molecule has 1 N–H and O–H groups in total. The average molecular weight is 268 g/mol. The van der Waals surface area contributed by atoms with E-state index in [4.69, 9.17) is 9.47 Å². The molecule has 0 spiro atoms. The maximum atomic E-state index is 13.4. The number of rotatable bonds is 4. The molecule has 1 heterocycles. The lowest BCUT2D eigenvalue weighted by atomic mass is 10.3. The standard InChI is InChI=1S/C11H10F2N4O2/c1-14-9-15-10(18-2)17-11(16-9)19-8-5-6(12)3-4-7(8)13/h3-5H,1-2H3,(H,14,15,16,17). The maximum Gasteiger partial charge on any atom is 0.330 e. The predicted molar refractivity (Wildman–Crippen MR) is 62.4 cm³/mol. The summed E-state index contributed by atoms with van der Waals surface area (Å²) in [5, 5.41) is 2.66. The molecule has 2 aromatic rings. The Hall–Kier alpha value is -2.51. The number of anilines is 1. The zero-order valence-corrected chi connectivity index (χ0v) is 10.1. The molecule has 8 heteroatoms. The van der Waals surface area contributed by atoms with Gasteiger partial charge in [-0.1, -0.05) is 0 Å². The molecule has 0 aliphatic rings. The highest BCUT2D eigenvalue weighted by Gasteiger charge is 2.11. The Morgan fingerprint density at radius 2 is 1.84 bits per heavy atom. The van der Waals surface area contributed by atoms with Crippen molar-refractivity contribution in [1.82, 2.24) is 15.0 Å². The molecule has 2 rings (SSSR count). The molecule has 0 aliphatic carbocycles. The van der Waals surface area contributed by atoms with Gasteiger partial charge in [0.15, 0.2) is 11.6 Å². The van der Waals surface area contributed by atoms with Crippen molar-refractivity contribution in [2.75, 3.05) is 19.5 Å².